The van der Waals surface area contributed by atoms with Crippen LogP contribution in [0.2, 0.25) is 0 Å². The summed E-state index contributed by atoms with van der Waals surface area (Å²) in [5.74, 6) is 0.724. The molecule has 0 radical (unpaired) electrons. The highest BCUT2D eigenvalue weighted by Gasteiger charge is 2.25. The van der Waals surface area contributed by atoms with Crippen molar-refractivity contribution in [3.05, 3.63) is 59.7 Å². The third-order valence-corrected chi connectivity index (χ3v) is 6.04. The van der Waals surface area contributed by atoms with E-state index in [9.17, 15) is 4.79 Å². The van der Waals surface area contributed by atoms with E-state index >= 15 is 0 Å². The van der Waals surface area contributed by atoms with Gasteiger partial charge in [0.2, 0.25) is 0 Å². The fraction of sp³-hybridized carbons (Fsp3) is 0.304. The Morgan fingerprint density at radius 1 is 1.21 bits per heavy atom. The number of rotatable bonds is 6. The maximum absolute atomic E-state index is 12.5. The molecular weight excluding hydrogens is 420 g/mol. The van der Waals surface area contributed by atoms with Gasteiger partial charge < -0.3 is 21.2 Å². The molecule has 1 aliphatic heterocycles. The van der Waals surface area contributed by atoms with Gasteiger partial charge in [-0.2, -0.15) is 5.10 Å². The smallest absolute Gasteiger partial charge is 0.255 e. The first-order valence-electron chi connectivity index (χ1n) is 11.0. The minimum absolute atomic E-state index is 0.212. The number of para-hydroxylation sites is 1. The van der Waals surface area contributed by atoms with E-state index in [2.05, 4.69) is 26.1 Å². The molecule has 10 nitrogen and oxygen atoms in total. The number of ether oxygens (including phenoxy) is 1. The van der Waals surface area contributed by atoms with Crippen LogP contribution in [0.5, 0.6) is 5.75 Å². The number of nitrogens with two attached hydrogens (primary N) is 1. The van der Waals surface area contributed by atoms with E-state index in [4.69, 9.17) is 15.6 Å². The number of benzene rings is 1. The summed E-state index contributed by atoms with van der Waals surface area (Å²) in [6.45, 7) is 0.316. The van der Waals surface area contributed by atoms with Crippen molar-refractivity contribution in [2.24, 2.45) is 0 Å². The van der Waals surface area contributed by atoms with Crippen LogP contribution in [0.3, 0.4) is 0 Å². The molecule has 170 valence electrons. The molecule has 5 rings (SSSR count). The Balaban J connectivity index is 1.36. The van der Waals surface area contributed by atoms with Gasteiger partial charge >= 0.3 is 0 Å². The zero-order valence-corrected chi connectivity index (χ0v) is 18.3. The Bertz CT molecular complexity index is 1260. The van der Waals surface area contributed by atoms with E-state index in [1.807, 2.05) is 22.9 Å². The third-order valence-electron chi connectivity index (χ3n) is 6.04. The largest absolute Gasteiger partial charge is 0.496 e. The summed E-state index contributed by atoms with van der Waals surface area (Å²) in [6, 6.07) is 7.44. The summed E-state index contributed by atoms with van der Waals surface area (Å²) >= 11 is 0. The summed E-state index contributed by atoms with van der Waals surface area (Å²) in [5.41, 5.74) is 16.0. The van der Waals surface area contributed by atoms with Crippen LogP contribution in [-0.2, 0) is 0 Å². The number of fused-ring (bicyclic) bond motifs is 1. The molecule has 2 aromatic heterocycles. The zero-order valence-electron chi connectivity index (χ0n) is 18.3. The summed E-state index contributed by atoms with van der Waals surface area (Å²) in [6.07, 6.45) is 9.84. The summed E-state index contributed by atoms with van der Waals surface area (Å²) in [7, 11) is 1.54. The number of hydrogen-bond acceptors (Lipinski definition) is 8. The van der Waals surface area contributed by atoms with Crippen LogP contribution in [0.15, 0.2) is 48.4 Å². The molecule has 5 N–H and O–H groups in total. The molecule has 0 atom stereocenters. The second kappa shape index (κ2) is 8.81. The van der Waals surface area contributed by atoms with E-state index in [0.717, 1.165) is 35.3 Å². The number of methoxy groups -OCH3 is 1. The molecule has 0 bridgehead atoms. The van der Waals surface area contributed by atoms with Gasteiger partial charge in [-0.25, -0.2) is 14.6 Å². The van der Waals surface area contributed by atoms with Gasteiger partial charge in [0, 0.05) is 0 Å². The quantitative estimate of drug-likeness (QED) is 0.453. The molecule has 2 aliphatic rings. The van der Waals surface area contributed by atoms with Crippen molar-refractivity contribution < 1.29 is 9.53 Å². The van der Waals surface area contributed by atoms with Gasteiger partial charge in [-0.1, -0.05) is 25.0 Å². The van der Waals surface area contributed by atoms with Crippen LogP contribution in [-0.4, -0.2) is 39.3 Å². The van der Waals surface area contributed by atoms with Gasteiger partial charge in [-0.15, -0.1) is 0 Å². The molecule has 33 heavy (non-hydrogen) atoms. The molecule has 0 saturated heterocycles. The Labute approximate surface area is 190 Å². The van der Waals surface area contributed by atoms with E-state index in [0.29, 0.717) is 35.4 Å². The first-order chi connectivity index (χ1) is 16.2. The number of allylic oxidation sites excluding steroid dienone is 2. The van der Waals surface area contributed by atoms with E-state index in [1.165, 1.54) is 19.2 Å². The number of nitrogens with zero attached hydrogens (tertiary/aromatic N) is 4. The monoisotopic (exact) mass is 446 g/mol. The molecule has 3 aromatic rings. The number of hydrogen-bond donors (Lipinski definition) is 4. The maximum Gasteiger partial charge on any atom is 0.255 e. The van der Waals surface area contributed by atoms with Crippen LogP contribution in [0.25, 0.3) is 16.7 Å². The van der Waals surface area contributed by atoms with Crippen molar-refractivity contribution >= 4 is 28.5 Å². The molecule has 1 aliphatic carbocycles. The Morgan fingerprint density at radius 2 is 2.03 bits per heavy atom. The maximum atomic E-state index is 12.5. The van der Waals surface area contributed by atoms with Crippen LogP contribution < -0.4 is 26.6 Å². The zero-order chi connectivity index (χ0) is 22.8. The highest BCUT2D eigenvalue weighted by Crippen LogP contribution is 2.34. The van der Waals surface area contributed by atoms with Gasteiger partial charge in [0.25, 0.3) is 5.91 Å². The molecule has 1 fully saturated rings. The molecular formula is C23H26N8O2. The molecule has 1 aromatic carbocycles. The van der Waals surface area contributed by atoms with Gasteiger partial charge in [0.15, 0.2) is 5.65 Å². The Morgan fingerprint density at radius 3 is 2.79 bits per heavy atom. The number of nitrogens with one attached hydrogen (secondary N) is 3. The van der Waals surface area contributed by atoms with Gasteiger partial charge in [-0.3, -0.25) is 10.2 Å². The van der Waals surface area contributed by atoms with Crippen LogP contribution in [0.1, 0.15) is 47.8 Å². The Hall–Kier alpha value is -4.08. The lowest BCUT2D eigenvalue weighted by Crippen LogP contribution is -2.38. The average molecular weight is 447 g/mol. The van der Waals surface area contributed by atoms with Gasteiger partial charge in [0.1, 0.15) is 23.6 Å². The molecule has 0 unspecified atom stereocenters. The molecule has 10 heteroatoms. The number of carbonyl (C=O) groups excluding carboxylic acids is 1. The third kappa shape index (κ3) is 3.95. The second-order valence-electron chi connectivity index (χ2n) is 8.09. The predicted molar refractivity (Wildman–Crippen MR) is 125 cm³/mol. The minimum atomic E-state index is -0.212. The van der Waals surface area contributed by atoms with Crippen LogP contribution in [0.4, 0.5) is 5.82 Å². The lowest BCUT2D eigenvalue weighted by Gasteiger charge is -2.19. The SMILES string of the molecule is COc1ccccc1C(=O)NCC1=CC=C(c2nn(C3CCCC3)c3ncnc(N)c23)NN1. The van der Waals surface area contributed by atoms with Crippen molar-refractivity contribution in [3.8, 4) is 5.75 Å². The minimum Gasteiger partial charge on any atom is -0.496 e. The first-order valence-corrected chi connectivity index (χ1v) is 11.0. The molecule has 3 heterocycles. The average Bonchev–Trinajstić information content (AvgIpc) is 3.51. The molecule has 0 spiro atoms. The van der Waals surface area contributed by atoms with E-state index < -0.39 is 0 Å². The second-order valence-corrected chi connectivity index (χ2v) is 8.09. The van der Waals surface area contributed by atoms with Gasteiger partial charge in [0.05, 0.1) is 42.0 Å². The highest BCUT2D eigenvalue weighted by molar-refractivity contribution is 5.97. The van der Waals surface area contributed by atoms with Crippen LogP contribution in [0, 0.1) is 0 Å². The predicted octanol–water partition coefficient (Wildman–Crippen LogP) is 2.29. The fourth-order valence-corrected chi connectivity index (χ4v) is 4.35. The molecule has 1 saturated carbocycles. The fourth-order valence-electron chi connectivity index (χ4n) is 4.35. The first kappa shape index (κ1) is 20.8. The number of carbonyl (C=O) groups is 1. The van der Waals surface area contributed by atoms with Gasteiger partial charge in [-0.05, 0) is 37.1 Å². The topological polar surface area (TPSA) is 132 Å². The number of amides is 1. The van der Waals surface area contributed by atoms with E-state index in [-0.39, 0.29) is 5.91 Å². The highest BCUT2D eigenvalue weighted by atomic mass is 16.5. The van der Waals surface area contributed by atoms with Crippen molar-refractivity contribution in [1.29, 1.82) is 0 Å². The number of aromatic nitrogens is 4. The number of anilines is 1. The summed E-state index contributed by atoms with van der Waals surface area (Å²) in [4.78, 5) is 21.2. The molecule has 1 amide bonds. The number of nitrogen functional groups attached to an aromatic ring is 1. The summed E-state index contributed by atoms with van der Waals surface area (Å²) in [5, 5.41) is 8.51. The Kier molecular flexibility index (Phi) is 5.55. The lowest BCUT2D eigenvalue weighted by molar-refractivity contribution is 0.0953. The van der Waals surface area contributed by atoms with Crippen molar-refractivity contribution in [3.63, 3.8) is 0 Å². The van der Waals surface area contributed by atoms with Crippen molar-refractivity contribution in [1.82, 2.24) is 35.9 Å². The van der Waals surface area contributed by atoms with Crippen LogP contribution >= 0.6 is 0 Å². The van der Waals surface area contributed by atoms with Crippen molar-refractivity contribution in [2.75, 3.05) is 19.4 Å². The normalized spacial score (nSPS) is 16.0. The lowest BCUT2D eigenvalue weighted by atomic mass is 10.1. The summed E-state index contributed by atoms with van der Waals surface area (Å²) < 4.78 is 7.25. The standard InChI is InChI=1S/C23H26N8O2/c1-33-18-9-5-4-8-16(18)23(32)25-12-14-10-11-17(29-28-14)20-19-21(24)26-13-27-22(19)31(30-20)15-6-2-3-7-15/h4-5,8-11,13,15,28-29H,2-3,6-7,12H2,1H3,(H,25,32)(H2,24,26,27). The number of hydrazine groups is 1. The van der Waals surface area contributed by atoms with E-state index in [1.54, 1.807) is 25.3 Å². The van der Waals surface area contributed by atoms with Crippen molar-refractivity contribution in [2.45, 2.75) is 31.7 Å².